The number of carbonyl (C=O) groups is 1. The molecular weight excluding hydrogens is 332 g/mol. The monoisotopic (exact) mass is 352 g/mol. The van der Waals surface area contributed by atoms with Gasteiger partial charge in [0.1, 0.15) is 5.75 Å². The van der Waals surface area contributed by atoms with Crippen LogP contribution in [0.5, 0.6) is 5.75 Å². The molecule has 0 spiro atoms. The van der Waals surface area contributed by atoms with Crippen molar-refractivity contribution in [3.63, 3.8) is 0 Å². The Morgan fingerprint density at radius 2 is 1.96 bits per heavy atom. The van der Waals surface area contributed by atoms with E-state index in [1.54, 1.807) is 0 Å². The van der Waals surface area contributed by atoms with Crippen molar-refractivity contribution in [2.75, 3.05) is 11.9 Å². The van der Waals surface area contributed by atoms with Crippen LogP contribution in [0.4, 0.5) is 5.13 Å². The van der Waals surface area contributed by atoms with E-state index in [1.165, 1.54) is 16.9 Å². The maximum absolute atomic E-state index is 12.1. The fourth-order valence-electron chi connectivity index (χ4n) is 2.47. The van der Waals surface area contributed by atoms with E-state index in [-0.39, 0.29) is 12.5 Å². The summed E-state index contributed by atoms with van der Waals surface area (Å²) in [5.41, 5.74) is 3.13. The molecule has 1 amide bonds. The van der Waals surface area contributed by atoms with Gasteiger partial charge in [-0.15, -0.1) is 11.3 Å². The van der Waals surface area contributed by atoms with Gasteiger partial charge in [0.05, 0.1) is 5.69 Å². The zero-order valence-electron chi connectivity index (χ0n) is 14.3. The Kier molecular flexibility index (Phi) is 5.46. The van der Waals surface area contributed by atoms with Gasteiger partial charge in [-0.1, -0.05) is 49.4 Å². The van der Waals surface area contributed by atoms with Crippen LogP contribution in [0.15, 0.2) is 54.6 Å². The summed E-state index contributed by atoms with van der Waals surface area (Å²) in [6, 6.07) is 17.7. The van der Waals surface area contributed by atoms with Crippen LogP contribution < -0.4 is 10.1 Å². The van der Waals surface area contributed by atoms with Crippen molar-refractivity contribution >= 4 is 22.4 Å². The van der Waals surface area contributed by atoms with Crippen LogP contribution in [0, 0.1) is 6.92 Å². The van der Waals surface area contributed by atoms with Gasteiger partial charge in [0.25, 0.3) is 5.91 Å². The molecule has 3 aromatic rings. The summed E-state index contributed by atoms with van der Waals surface area (Å²) in [6.45, 7) is 4.05. The molecule has 4 nitrogen and oxygen atoms in total. The van der Waals surface area contributed by atoms with Crippen LogP contribution in [-0.4, -0.2) is 17.5 Å². The third-order valence-electron chi connectivity index (χ3n) is 3.77. The molecule has 0 saturated heterocycles. The summed E-state index contributed by atoms with van der Waals surface area (Å²) in [5.74, 6) is 0.491. The number of amides is 1. The van der Waals surface area contributed by atoms with Gasteiger partial charge < -0.3 is 4.74 Å². The molecule has 128 valence electrons. The first-order valence-electron chi connectivity index (χ1n) is 8.20. The number of hydrogen-bond donors (Lipinski definition) is 1. The fourth-order valence-corrected chi connectivity index (χ4v) is 3.33. The SMILES string of the molecule is CCc1cccc(OCC(=O)Nc2nc(-c3ccccc3)c(C)s2)c1. The Labute approximate surface area is 151 Å². The molecule has 1 aromatic heterocycles. The average Bonchev–Trinajstić information content (AvgIpc) is 3.01. The number of thiazole rings is 1. The molecular formula is C20H20N2O2S. The number of benzene rings is 2. The first-order chi connectivity index (χ1) is 12.2. The van der Waals surface area contributed by atoms with E-state index in [4.69, 9.17) is 4.74 Å². The lowest BCUT2D eigenvalue weighted by Gasteiger charge is -2.07. The number of carbonyl (C=O) groups excluding carboxylic acids is 1. The zero-order valence-corrected chi connectivity index (χ0v) is 15.1. The van der Waals surface area contributed by atoms with E-state index in [9.17, 15) is 4.79 Å². The predicted molar refractivity (Wildman–Crippen MR) is 102 cm³/mol. The average molecular weight is 352 g/mol. The fraction of sp³-hybridized carbons (Fsp3) is 0.200. The van der Waals surface area contributed by atoms with Crippen molar-refractivity contribution in [3.8, 4) is 17.0 Å². The predicted octanol–water partition coefficient (Wildman–Crippen LogP) is 4.70. The number of aromatic nitrogens is 1. The van der Waals surface area contributed by atoms with Gasteiger partial charge >= 0.3 is 0 Å². The quantitative estimate of drug-likeness (QED) is 0.700. The van der Waals surface area contributed by atoms with Gasteiger partial charge in [0.15, 0.2) is 11.7 Å². The molecule has 0 aliphatic heterocycles. The van der Waals surface area contributed by atoms with Crippen molar-refractivity contribution in [3.05, 3.63) is 65.0 Å². The molecule has 0 aliphatic rings. The molecule has 3 rings (SSSR count). The van der Waals surface area contributed by atoms with Crippen LogP contribution in [0.2, 0.25) is 0 Å². The summed E-state index contributed by atoms with van der Waals surface area (Å²) < 4.78 is 5.57. The van der Waals surface area contributed by atoms with Crippen LogP contribution >= 0.6 is 11.3 Å². The normalized spacial score (nSPS) is 10.5. The number of nitrogens with one attached hydrogen (secondary N) is 1. The smallest absolute Gasteiger partial charge is 0.264 e. The number of ether oxygens (including phenoxy) is 1. The Balaban J connectivity index is 1.61. The van der Waals surface area contributed by atoms with E-state index in [1.807, 2.05) is 61.5 Å². The summed E-state index contributed by atoms with van der Waals surface area (Å²) in [4.78, 5) is 17.7. The van der Waals surface area contributed by atoms with E-state index in [0.29, 0.717) is 10.9 Å². The maximum atomic E-state index is 12.1. The Morgan fingerprint density at radius 1 is 1.16 bits per heavy atom. The standard InChI is InChI=1S/C20H20N2O2S/c1-3-15-8-7-11-17(12-15)24-13-18(23)21-20-22-19(14(2)25-20)16-9-5-4-6-10-16/h4-12H,3,13H2,1-2H3,(H,21,22,23). The third kappa shape index (κ3) is 4.45. The van der Waals surface area contributed by atoms with Crippen molar-refractivity contribution in [1.82, 2.24) is 4.98 Å². The summed E-state index contributed by atoms with van der Waals surface area (Å²) >= 11 is 1.47. The molecule has 2 aromatic carbocycles. The lowest BCUT2D eigenvalue weighted by atomic mass is 10.1. The maximum Gasteiger partial charge on any atom is 0.264 e. The highest BCUT2D eigenvalue weighted by molar-refractivity contribution is 7.16. The topological polar surface area (TPSA) is 51.2 Å². The van der Waals surface area contributed by atoms with Crippen molar-refractivity contribution in [2.45, 2.75) is 20.3 Å². The van der Waals surface area contributed by atoms with E-state index in [2.05, 4.69) is 17.2 Å². The van der Waals surface area contributed by atoms with E-state index >= 15 is 0 Å². The van der Waals surface area contributed by atoms with Crippen LogP contribution in [0.3, 0.4) is 0 Å². The molecule has 0 radical (unpaired) electrons. The third-order valence-corrected chi connectivity index (χ3v) is 4.65. The van der Waals surface area contributed by atoms with Gasteiger partial charge in [-0.25, -0.2) is 4.98 Å². The minimum atomic E-state index is -0.213. The van der Waals surface area contributed by atoms with E-state index < -0.39 is 0 Å². The number of rotatable bonds is 6. The first kappa shape index (κ1) is 17.2. The van der Waals surface area contributed by atoms with Crippen molar-refractivity contribution in [1.29, 1.82) is 0 Å². The highest BCUT2D eigenvalue weighted by atomic mass is 32.1. The van der Waals surface area contributed by atoms with Crippen LogP contribution in [0.1, 0.15) is 17.4 Å². The van der Waals surface area contributed by atoms with Crippen LogP contribution in [0.25, 0.3) is 11.3 Å². The highest BCUT2D eigenvalue weighted by Crippen LogP contribution is 2.30. The van der Waals surface area contributed by atoms with Gasteiger partial charge in [-0.3, -0.25) is 10.1 Å². The second-order valence-corrected chi connectivity index (χ2v) is 6.83. The Hall–Kier alpha value is -2.66. The largest absolute Gasteiger partial charge is 0.484 e. The minimum absolute atomic E-state index is 0.0353. The molecule has 0 atom stereocenters. The molecule has 0 aliphatic carbocycles. The summed E-state index contributed by atoms with van der Waals surface area (Å²) in [6.07, 6.45) is 0.935. The van der Waals surface area contributed by atoms with Gasteiger partial charge in [-0.05, 0) is 31.0 Å². The molecule has 1 N–H and O–H groups in total. The lowest BCUT2D eigenvalue weighted by molar-refractivity contribution is -0.118. The lowest BCUT2D eigenvalue weighted by Crippen LogP contribution is -2.20. The van der Waals surface area contributed by atoms with Gasteiger partial charge in [0, 0.05) is 10.4 Å². The number of hydrogen-bond acceptors (Lipinski definition) is 4. The van der Waals surface area contributed by atoms with Crippen molar-refractivity contribution in [2.24, 2.45) is 0 Å². The van der Waals surface area contributed by atoms with Crippen molar-refractivity contribution < 1.29 is 9.53 Å². The molecule has 25 heavy (non-hydrogen) atoms. The number of nitrogens with zero attached hydrogens (tertiary/aromatic N) is 1. The number of aryl methyl sites for hydroxylation is 2. The molecule has 5 heteroatoms. The van der Waals surface area contributed by atoms with Crippen LogP contribution in [-0.2, 0) is 11.2 Å². The second kappa shape index (κ2) is 7.94. The zero-order chi connectivity index (χ0) is 17.6. The molecule has 0 saturated carbocycles. The molecule has 0 unspecified atom stereocenters. The minimum Gasteiger partial charge on any atom is -0.484 e. The highest BCUT2D eigenvalue weighted by Gasteiger charge is 2.12. The molecule has 0 fully saturated rings. The first-order valence-corrected chi connectivity index (χ1v) is 9.02. The van der Waals surface area contributed by atoms with E-state index in [0.717, 1.165) is 22.6 Å². The number of anilines is 1. The molecule has 0 bridgehead atoms. The molecule has 1 heterocycles. The second-order valence-electron chi connectivity index (χ2n) is 5.63. The van der Waals surface area contributed by atoms with Gasteiger partial charge in [-0.2, -0.15) is 0 Å². The summed E-state index contributed by atoms with van der Waals surface area (Å²) in [5, 5.41) is 3.41. The Morgan fingerprint density at radius 3 is 2.72 bits per heavy atom. The Bertz CT molecular complexity index is 859. The summed E-state index contributed by atoms with van der Waals surface area (Å²) in [7, 11) is 0. The van der Waals surface area contributed by atoms with Gasteiger partial charge in [0.2, 0.25) is 0 Å².